The number of aromatic nitrogens is 6. The molecule has 0 radical (unpaired) electrons. The molecule has 0 spiro atoms. The number of anilines is 1. The molecule has 3 aromatic heterocycles. The number of hydrogen-bond donors (Lipinski definition) is 1. The third kappa shape index (κ3) is 4.04. The van der Waals surface area contributed by atoms with E-state index in [0.29, 0.717) is 36.0 Å². The maximum atomic E-state index is 14.4. The Balaban J connectivity index is 1.46. The molecular formula is C23H28F2N8O. The largest absolute Gasteiger partial charge is 0.479 e. The average molecular weight is 471 g/mol. The van der Waals surface area contributed by atoms with Crippen LogP contribution in [0.5, 0.6) is 5.88 Å². The second kappa shape index (κ2) is 9.13. The highest BCUT2D eigenvalue weighted by Gasteiger charge is 2.27. The van der Waals surface area contributed by atoms with E-state index in [1.807, 2.05) is 42.4 Å². The van der Waals surface area contributed by atoms with E-state index in [1.165, 1.54) is 0 Å². The lowest BCUT2D eigenvalue weighted by atomic mass is 9.95. The first-order valence-electron chi connectivity index (χ1n) is 11.4. The van der Waals surface area contributed by atoms with E-state index < -0.39 is 18.9 Å². The maximum Gasteiger partial charge on any atom is 0.244 e. The molecule has 1 aromatic carbocycles. The quantitative estimate of drug-likeness (QED) is 0.443. The first kappa shape index (κ1) is 22.5. The zero-order valence-corrected chi connectivity index (χ0v) is 19.4. The van der Waals surface area contributed by atoms with E-state index in [9.17, 15) is 8.78 Å². The topological polar surface area (TPSA) is 85.4 Å². The molecule has 11 heteroatoms. The Morgan fingerprint density at radius 3 is 2.91 bits per heavy atom. The summed E-state index contributed by atoms with van der Waals surface area (Å²) in [7, 11) is 3.49. The normalized spacial score (nSPS) is 20.1. The van der Waals surface area contributed by atoms with Crippen molar-refractivity contribution >= 4 is 22.5 Å². The van der Waals surface area contributed by atoms with Gasteiger partial charge in [-0.3, -0.25) is 0 Å². The number of methoxy groups -OCH3 is 1. The van der Waals surface area contributed by atoms with Gasteiger partial charge < -0.3 is 15.0 Å². The molecule has 1 aliphatic heterocycles. The predicted octanol–water partition coefficient (Wildman–Crippen LogP) is 3.38. The van der Waals surface area contributed by atoms with Gasteiger partial charge in [-0.15, -0.1) is 10.2 Å². The monoisotopic (exact) mass is 470 g/mol. The summed E-state index contributed by atoms with van der Waals surface area (Å²) in [6, 6.07) is 7.25. The summed E-state index contributed by atoms with van der Waals surface area (Å²) >= 11 is 0. The van der Waals surface area contributed by atoms with Crippen LogP contribution in [0.25, 0.3) is 27.7 Å². The molecule has 4 heterocycles. The van der Waals surface area contributed by atoms with Crippen molar-refractivity contribution in [1.82, 2.24) is 34.5 Å². The van der Waals surface area contributed by atoms with Crippen LogP contribution in [0.1, 0.15) is 19.4 Å². The molecule has 180 valence electrons. The van der Waals surface area contributed by atoms with Gasteiger partial charge in [0, 0.05) is 30.8 Å². The fraction of sp³-hybridized carbons (Fsp3) is 0.478. The molecule has 4 aromatic rings. The van der Waals surface area contributed by atoms with Crippen molar-refractivity contribution in [2.45, 2.75) is 25.6 Å². The van der Waals surface area contributed by atoms with Crippen molar-refractivity contribution in [3.05, 3.63) is 30.5 Å². The molecular weight excluding hydrogens is 442 g/mol. The fourth-order valence-corrected chi connectivity index (χ4v) is 4.49. The molecule has 1 saturated heterocycles. The van der Waals surface area contributed by atoms with E-state index in [-0.39, 0.29) is 5.92 Å². The Morgan fingerprint density at radius 1 is 1.29 bits per heavy atom. The molecule has 0 saturated carbocycles. The van der Waals surface area contributed by atoms with Crippen molar-refractivity contribution in [2.75, 3.05) is 45.8 Å². The minimum atomic E-state index is -0.881. The van der Waals surface area contributed by atoms with Gasteiger partial charge in [0.05, 0.1) is 18.7 Å². The second-order valence-electron chi connectivity index (χ2n) is 8.92. The van der Waals surface area contributed by atoms with Crippen LogP contribution in [0, 0.1) is 5.92 Å². The number of hydrogen-bond acceptors (Lipinski definition) is 7. The number of ether oxygens (including phenoxy) is 1. The molecule has 3 atom stereocenters. The van der Waals surface area contributed by atoms with Crippen LogP contribution < -0.4 is 10.1 Å². The standard InChI is InChI=1S/C23H28F2N8O/c1-14(11-24)33-20-10-15(4-5-19(20)28-30-33)17-7-9-32-21(17)22(34-3)27-23(29-32)26-12-16-6-8-31(2)13-18(16)25/h4-5,7,9-10,14,16,18H,6,8,11-13H2,1-3H3,(H,26,29)/t14-,16-,18+/m1/s1. The molecule has 0 amide bonds. The van der Waals surface area contributed by atoms with E-state index in [2.05, 4.69) is 25.7 Å². The van der Waals surface area contributed by atoms with E-state index in [4.69, 9.17) is 4.74 Å². The lowest BCUT2D eigenvalue weighted by molar-refractivity contribution is 0.109. The van der Waals surface area contributed by atoms with Gasteiger partial charge in [0.2, 0.25) is 11.8 Å². The van der Waals surface area contributed by atoms with Crippen LogP contribution in [-0.4, -0.2) is 81.1 Å². The molecule has 0 bridgehead atoms. The average Bonchev–Trinajstić information content (AvgIpc) is 3.46. The van der Waals surface area contributed by atoms with E-state index in [0.717, 1.165) is 29.6 Å². The van der Waals surface area contributed by atoms with E-state index in [1.54, 1.807) is 23.2 Å². The number of benzene rings is 1. The molecule has 1 aliphatic rings. The number of piperidine rings is 1. The van der Waals surface area contributed by atoms with Gasteiger partial charge in [0.1, 0.15) is 23.9 Å². The van der Waals surface area contributed by atoms with Crippen LogP contribution >= 0.6 is 0 Å². The minimum absolute atomic E-state index is 0.0846. The van der Waals surface area contributed by atoms with Gasteiger partial charge in [0.25, 0.3) is 0 Å². The number of nitrogens with zero attached hydrogens (tertiary/aromatic N) is 7. The zero-order valence-electron chi connectivity index (χ0n) is 19.4. The lowest BCUT2D eigenvalue weighted by Crippen LogP contribution is -2.42. The van der Waals surface area contributed by atoms with Gasteiger partial charge in [-0.25, -0.2) is 18.0 Å². The smallest absolute Gasteiger partial charge is 0.244 e. The van der Waals surface area contributed by atoms with Crippen molar-refractivity contribution in [3.8, 4) is 17.0 Å². The summed E-state index contributed by atoms with van der Waals surface area (Å²) in [5.41, 5.74) is 3.90. The summed E-state index contributed by atoms with van der Waals surface area (Å²) in [6.45, 7) is 3.00. The van der Waals surface area contributed by atoms with Crippen molar-refractivity contribution in [3.63, 3.8) is 0 Å². The Morgan fingerprint density at radius 2 is 2.15 bits per heavy atom. The minimum Gasteiger partial charge on any atom is -0.479 e. The van der Waals surface area contributed by atoms with Crippen LogP contribution in [0.2, 0.25) is 0 Å². The summed E-state index contributed by atoms with van der Waals surface area (Å²) in [4.78, 5) is 6.54. The third-order valence-electron chi connectivity index (χ3n) is 6.50. The molecule has 0 aliphatic carbocycles. The number of fused-ring (bicyclic) bond motifs is 2. The number of rotatable bonds is 7. The number of halogens is 2. The van der Waals surface area contributed by atoms with Crippen molar-refractivity contribution in [2.24, 2.45) is 5.92 Å². The molecule has 1 N–H and O–H groups in total. The zero-order chi connectivity index (χ0) is 23.8. The molecule has 34 heavy (non-hydrogen) atoms. The Bertz CT molecular complexity index is 1310. The van der Waals surface area contributed by atoms with Gasteiger partial charge in [-0.2, -0.15) is 4.98 Å². The summed E-state index contributed by atoms with van der Waals surface area (Å²) in [5, 5.41) is 16.0. The van der Waals surface area contributed by atoms with Crippen LogP contribution in [0.15, 0.2) is 30.5 Å². The number of alkyl halides is 2. The van der Waals surface area contributed by atoms with Gasteiger partial charge in [0.15, 0.2) is 0 Å². The third-order valence-corrected chi connectivity index (χ3v) is 6.50. The van der Waals surface area contributed by atoms with E-state index >= 15 is 0 Å². The molecule has 9 nitrogen and oxygen atoms in total. The van der Waals surface area contributed by atoms with Crippen molar-refractivity contribution < 1.29 is 13.5 Å². The molecule has 1 fully saturated rings. The summed E-state index contributed by atoms with van der Waals surface area (Å²) in [6.07, 6.45) is 1.73. The Hall–Kier alpha value is -3.34. The first-order chi connectivity index (χ1) is 16.5. The lowest BCUT2D eigenvalue weighted by Gasteiger charge is -2.32. The summed E-state index contributed by atoms with van der Waals surface area (Å²) < 4.78 is 36.5. The molecule has 0 unspecified atom stereocenters. The van der Waals surface area contributed by atoms with Crippen LogP contribution in [0.3, 0.4) is 0 Å². The van der Waals surface area contributed by atoms with Gasteiger partial charge >= 0.3 is 0 Å². The highest BCUT2D eigenvalue weighted by Crippen LogP contribution is 2.33. The Kier molecular flexibility index (Phi) is 6.03. The Labute approximate surface area is 195 Å². The van der Waals surface area contributed by atoms with Crippen molar-refractivity contribution in [1.29, 1.82) is 0 Å². The maximum absolute atomic E-state index is 14.4. The SMILES string of the molecule is COc1nc(NC[C@H]2CCN(C)C[C@@H]2F)nn2ccc(-c3ccc4nnn([C@H](C)CF)c4c3)c12. The molecule has 5 rings (SSSR count). The first-order valence-corrected chi connectivity index (χ1v) is 11.4. The highest BCUT2D eigenvalue weighted by atomic mass is 19.1. The van der Waals surface area contributed by atoms with Crippen LogP contribution in [0.4, 0.5) is 14.7 Å². The summed E-state index contributed by atoms with van der Waals surface area (Å²) in [5.74, 6) is 0.701. The number of likely N-dealkylation sites (tertiary alicyclic amines) is 1. The second-order valence-corrected chi connectivity index (χ2v) is 8.92. The highest BCUT2D eigenvalue weighted by molar-refractivity contribution is 5.89. The fourth-order valence-electron chi connectivity index (χ4n) is 4.49. The van der Waals surface area contributed by atoms with Crippen LogP contribution in [-0.2, 0) is 0 Å². The van der Waals surface area contributed by atoms with Gasteiger partial charge in [-0.1, -0.05) is 11.3 Å². The van der Waals surface area contributed by atoms with Gasteiger partial charge in [-0.05, 0) is 50.7 Å². The predicted molar refractivity (Wildman–Crippen MR) is 126 cm³/mol. The number of nitrogens with one attached hydrogen (secondary N) is 1.